The average Bonchev–Trinajstić information content (AvgIpc) is 3.13. The molecule has 1 aliphatic rings. The van der Waals surface area contributed by atoms with E-state index < -0.39 is 17.7 Å². The number of Topliss-reactive ketones (excluding diaryl/α,β-unsaturated/α-hetero) is 1. The molecule has 0 spiro atoms. The minimum atomic E-state index is -0.775. The normalized spacial score (nSPS) is 16.9. The van der Waals surface area contributed by atoms with Crippen molar-refractivity contribution in [1.82, 2.24) is 4.90 Å². The summed E-state index contributed by atoms with van der Waals surface area (Å²) in [6.45, 7) is 4.73. The van der Waals surface area contributed by atoms with Crippen LogP contribution in [0.5, 0.6) is 11.5 Å². The van der Waals surface area contributed by atoms with E-state index in [1.165, 1.54) is 17.0 Å². The summed E-state index contributed by atoms with van der Waals surface area (Å²) in [6.07, 6.45) is 2.63. The number of likely N-dealkylation sites (tertiary alicyclic amines) is 1. The van der Waals surface area contributed by atoms with Gasteiger partial charge in [0, 0.05) is 12.1 Å². The Kier molecular flexibility index (Phi) is 7.74. The van der Waals surface area contributed by atoms with Crippen LogP contribution in [0.25, 0.3) is 5.76 Å². The van der Waals surface area contributed by atoms with E-state index in [-0.39, 0.29) is 17.1 Å². The van der Waals surface area contributed by atoms with Crippen LogP contribution in [0.4, 0.5) is 0 Å². The smallest absolute Gasteiger partial charge is 0.295 e. The van der Waals surface area contributed by atoms with Crippen LogP contribution in [0.1, 0.15) is 54.5 Å². The molecule has 1 saturated heterocycles. The molecule has 1 unspecified atom stereocenters. The molecule has 1 amide bonds. The van der Waals surface area contributed by atoms with Crippen LogP contribution in [0.15, 0.2) is 78.4 Å². The second-order valence-electron chi connectivity index (χ2n) is 9.05. The molecule has 0 radical (unpaired) electrons. The van der Waals surface area contributed by atoms with Crippen molar-refractivity contribution in [3.63, 3.8) is 0 Å². The third-order valence-electron chi connectivity index (χ3n) is 6.41. The van der Waals surface area contributed by atoms with E-state index >= 15 is 0 Å². The summed E-state index contributed by atoms with van der Waals surface area (Å²) in [7, 11) is 0. The first-order valence-electron chi connectivity index (χ1n) is 12.3. The van der Waals surface area contributed by atoms with Gasteiger partial charge in [-0.25, -0.2) is 0 Å². The number of phenols is 1. The number of hydrogen-bond donors (Lipinski definition) is 2. The van der Waals surface area contributed by atoms with E-state index in [1.54, 1.807) is 30.3 Å². The van der Waals surface area contributed by atoms with Gasteiger partial charge in [0.1, 0.15) is 23.9 Å². The van der Waals surface area contributed by atoms with Gasteiger partial charge in [-0.1, -0.05) is 62.2 Å². The summed E-state index contributed by atoms with van der Waals surface area (Å²) in [5.74, 6) is -0.903. The van der Waals surface area contributed by atoms with Gasteiger partial charge in [-0.05, 0) is 60.4 Å². The molecule has 6 nitrogen and oxygen atoms in total. The minimum absolute atomic E-state index is 0.0273. The molecule has 4 rings (SSSR count). The first kappa shape index (κ1) is 25.0. The zero-order valence-electron chi connectivity index (χ0n) is 20.6. The van der Waals surface area contributed by atoms with Gasteiger partial charge in [-0.2, -0.15) is 0 Å². The van der Waals surface area contributed by atoms with Crippen molar-refractivity contribution in [2.45, 2.75) is 45.8 Å². The highest BCUT2D eigenvalue weighted by molar-refractivity contribution is 6.46. The number of ketones is 1. The van der Waals surface area contributed by atoms with Crippen LogP contribution in [-0.2, 0) is 16.2 Å². The number of hydrogen-bond acceptors (Lipinski definition) is 5. The Labute approximate surface area is 211 Å². The van der Waals surface area contributed by atoms with Gasteiger partial charge >= 0.3 is 0 Å². The van der Waals surface area contributed by atoms with Crippen molar-refractivity contribution in [1.29, 1.82) is 0 Å². The molecule has 1 aliphatic heterocycles. The highest BCUT2D eigenvalue weighted by Gasteiger charge is 2.45. The van der Waals surface area contributed by atoms with Crippen molar-refractivity contribution in [2.24, 2.45) is 0 Å². The molecule has 6 heteroatoms. The molecule has 0 aliphatic carbocycles. The predicted molar refractivity (Wildman–Crippen MR) is 139 cm³/mol. The van der Waals surface area contributed by atoms with Crippen molar-refractivity contribution < 1.29 is 24.5 Å². The number of rotatable bonds is 9. The lowest BCUT2D eigenvalue weighted by molar-refractivity contribution is -0.139. The van der Waals surface area contributed by atoms with E-state index in [9.17, 15) is 19.8 Å². The molecule has 1 atom stereocenters. The molecule has 0 saturated carbocycles. The molecule has 1 fully saturated rings. The molecule has 0 bridgehead atoms. The van der Waals surface area contributed by atoms with E-state index in [0.717, 1.165) is 30.4 Å². The van der Waals surface area contributed by atoms with Gasteiger partial charge in [0.25, 0.3) is 11.7 Å². The zero-order chi connectivity index (χ0) is 25.7. The fraction of sp³-hybridized carbons (Fsp3) is 0.267. The molecule has 3 aromatic carbocycles. The van der Waals surface area contributed by atoms with Crippen molar-refractivity contribution in [2.75, 3.05) is 6.54 Å². The lowest BCUT2D eigenvalue weighted by Crippen LogP contribution is -2.30. The van der Waals surface area contributed by atoms with Gasteiger partial charge < -0.3 is 19.8 Å². The highest BCUT2D eigenvalue weighted by atomic mass is 16.5. The quantitative estimate of drug-likeness (QED) is 0.171. The Morgan fingerprint density at radius 3 is 2.44 bits per heavy atom. The Hall–Kier alpha value is -4.06. The van der Waals surface area contributed by atoms with Crippen LogP contribution in [-0.4, -0.2) is 33.3 Å². The summed E-state index contributed by atoms with van der Waals surface area (Å²) in [5.41, 5.74) is 2.86. The monoisotopic (exact) mass is 485 g/mol. The van der Waals surface area contributed by atoms with Crippen LogP contribution < -0.4 is 4.74 Å². The summed E-state index contributed by atoms with van der Waals surface area (Å²) < 4.78 is 5.94. The largest absolute Gasteiger partial charge is 0.508 e. The van der Waals surface area contributed by atoms with E-state index in [1.807, 2.05) is 37.3 Å². The Bertz CT molecular complexity index is 1280. The molecule has 186 valence electrons. The topological polar surface area (TPSA) is 87.1 Å². The summed E-state index contributed by atoms with van der Waals surface area (Å²) in [4.78, 5) is 27.7. The van der Waals surface area contributed by atoms with Crippen LogP contribution in [0.2, 0.25) is 0 Å². The molecule has 2 N–H and O–H groups in total. The molecule has 1 heterocycles. The lowest BCUT2D eigenvalue weighted by Gasteiger charge is -2.25. The third kappa shape index (κ3) is 5.28. The summed E-state index contributed by atoms with van der Waals surface area (Å²) in [5, 5.41) is 21.4. The number of benzene rings is 3. The zero-order valence-corrected chi connectivity index (χ0v) is 20.6. The average molecular weight is 486 g/mol. The fourth-order valence-electron chi connectivity index (χ4n) is 4.53. The number of phenolic OH excluding ortho intramolecular Hbond substituents is 1. The van der Waals surface area contributed by atoms with Crippen molar-refractivity contribution in [3.05, 3.63) is 101 Å². The number of aromatic hydroxyl groups is 1. The number of aliphatic hydroxyl groups is 1. The van der Waals surface area contributed by atoms with E-state index in [0.29, 0.717) is 30.0 Å². The number of unbranched alkanes of at least 4 members (excludes halogenated alkanes) is 2. The minimum Gasteiger partial charge on any atom is -0.508 e. The summed E-state index contributed by atoms with van der Waals surface area (Å²) >= 11 is 0. The Morgan fingerprint density at radius 2 is 1.75 bits per heavy atom. The van der Waals surface area contributed by atoms with Gasteiger partial charge in [0.05, 0.1) is 11.6 Å². The third-order valence-corrected chi connectivity index (χ3v) is 6.41. The first-order valence-corrected chi connectivity index (χ1v) is 12.3. The molecule has 0 aromatic heterocycles. The van der Waals surface area contributed by atoms with Crippen LogP contribution in [0.3, 0.4) is 0 Å². The van der Waals surface area contributed by atoms with E-state index in [4.69, 9.17) is 4.74 Å². The molecular formula is C30H31NO5. The van der Waals surface area contributed by atoms with Gasteiger partial charge in [0.15, 0.2) is 0 Å². The van der Waals surface area contributed by atoms with E-state index in [2.05, 4.69) is 6.92 Å². The SMILES string of the molecule is CCCCCN1C(=O)C(=O)/C(=C(\O)c2ccc(OCc3ccccc3)c(C)c2)C1c1cccc(O)c1. The number of carbonyl (C=O) groups is 2. The first-order chi connectivity index (χ1) is 17.4. The number of ether oxygens (including phenoxy) is 1. The Balaban J connectivity index is 1.69. The maximum atomic E-state index is 13.1. The molecule has 3 aromatic rings. The van der Waals surface area contributed by atoms with Crippen molar-refractivity contribution >= 4 is 17.4 Å². The predicted octanol–water partition coefficient (Wildman–Crippen LogP) is 5.89. The summed E-state index contributed by atoms with van der Waals surface area (Å²) in [6, 6.07) is 20.7. The van der Waals surface area contributed by atoms with Gasteiger partial charge in [-0.3, -0.25) is 9.59 Å². The van der Waals surface area contributed by atoms with Crippen LogP contribution >= 0.6 is 0 Å². The van der Waals surface area contributed by atoms with Gasteiger partial charge in [-0.15, -0.1) is 0 Å². The molecule has 36 heavy (non-hydrogen) atoms. The standard InChI is InChI=1S/C30H31NO5/c1-3-4-8-16-31-27(22-12-9-13-24(32)18-22)26(29(34)30(31)35)28(33)23-14-15-25(20(2)17-23)36-19-21-10-6-5-7-11-21/h5-7,9-15,17-18,27,32-33H,3-4,8,16,19H2,1-2H3/b28-26-. The number of aliphatic hydroxyl groups excluding tert-OH is 1. The lowest BCUT2D eigenvalue weighted by atomic mass is 9.94. The van der Waals surface area contributed by atoms with Crippen molar-refractivity contribution in [3.8, 4) is 11.5 Å². The number of carbonyl (C=O) groups excluding carboxylic acids is 2. The maximum absolute atomic E-state index is 13.1. The second-order valence-corrected chi connectivity index (χ2v) is 9.05. The van der Waals surface area contributed by atoms with Gasteiger partial charge in [0.2, 0.25) is 0 Å². The number of nitrogens with zero attached hydrogens (tertiary/aromatic N) is 1. The second kappa shape index (κ2) is 11.1. The maximum Gasteiger partial charge on any atom is 0.295 e. The highest BCUT2D eigenvalue weighted by Crippen LogP contribution is 2.40. The fourth-order valence-corrected chi connectivity index (χ4v) is 4.53. The Morgan fingerprint density at radius 1 is 0.972 bits per heavy atom. The van der Waals surface area contributed by atoms with Crippen LogP contribution in [0, 0.1) is 6.92 Å². The number of aryl methyl sites for hydroxylation is 1. The molecular weight excluding hydrogens is 454 g/mol. The number of amides is 1.